The molecule has 0 bridgehead atoms. The van der Waals surface area contributed by atoms with E-state index in [-0.39, 0.29) is 24.1 Å². The van der Waals surface area contributed by atoms with Gasteiger partial charge in [-0.25, -0.2) is 0 Å². The summed E-state index contributed by atoms with van der Waals surface area (Å²) in [7, 11) is 0. The predicted octanol–water partition coefficient (Wildman–Crippen LogP) is 2.27. The first-order chi connectivity index (χ1) is 14.5. The summed E-state index contributed by atoms with van der Waals surface area (Å²) in [6.07, 6.45) is 0.640. The maximum atomic E-state index is 13.3. The van der Waals surface area contributed by atoms with Crippen LogP contribution in [-0.4, -0.2) is 41.2 Å². The first-order valence-corrected chi connectivity index (χ1v) is 10.4. The van der Waals surface area contributed by atoms with Gasteiger partial charge in [0.15, 0.2) is 0 Å². The molecule has 1 saturated heterocycles. The highest BCUT2D eigenvalue weighted by Gasteiger charge is 2.40. The highest BCUT2D eigenvalue weighted by atomic mass is 16.2. The molecule has 3 heterocycles. The van der Waals surface area contributed by atoms with Crippen molar-refractivity contribution in [3.05, 3.63) is 59.2 Å². The summed E-state index contributed by atoms with van der Waals surface area (Å²) in [6, 6.07) is 13.9. The van der Waals surface area contributed by atoms with E-state index in [2.05, 4.69) is 34.6 Å². The largest absolute Gasteiger partial charge is 0.379 e. The van der Waals surface area contributed by atoms with Gasteiger partial charge in [0.25, 0.3) is 5.91 Å². The maximum Gasteiger partial charge on any atom is 0.255 e. The smallest absolute Gasteiger partial charge is 0.255 e. The Balaban J connectivity index is 1.43. The van der Waals surface area contributed by atoms with Gasteiger partial charge in [-0.3, -0.25) is 19.7 Å². The molecule has 2 N–H and O–H groups in total. The highest BCUT2D eigenvalue weighted by Crippen LogP contribution is 2.34. The second-order valence-corrected chi connectivity index (χ2v) is 8.29. The lowest BCUT2D eigenvalue weighted by molar-refractivity contribution is -0.136. The molecule has 2 aromatic carbocycles. The average molecular weight is 404 g/mol. The van der Waals surface area contributed by atoms with Gasteiger partial charge in [-0.05, 0) is 36.6 Å². The summed E-state index contributed by atoms with van der Waals surface area (Å²) in [5.41, 5.74) is 4.83. The number of hydrogen-bond acceptors (Lipinski definition) is 5. The van der Waals surface area contributed by atoms with Crippen molar-refractivity contribution >= 4 is 29.1 Å². The molecule has 2 aromatic rings. The number of benzene rings is 2. The van der Waals surface area contributed by atoms with E-state index in [0.29, 0.717) is 31.1 Å². The normalized spacial score (nSPS) is 23.0. The lowest BCUT2D eigenvalue weighted by Gasteiger charge is -2.36. The van der Waals surface area contributed by atoms with Crippen LogP contribution < -0.4 is 15.5 Å². The van der Waals surface area contributed by atoms with Gasteiger partial charge in [0.05, 0.1) is 11.4 Å². The first-order valence-electron chi connectivity index (χ1n) is 10.4. The molecule has 154 valence electrons. The van der Waals surface area contributed by atoms with Crippen LogP contribution in [0.5, 0.6) is 0 Å². The van der Waals surface area contributed by atoms with Crippen LogP contribution in [0, 0.1) is 0 Å². The summed E-state index contributed by atoms with van der Waals surface area (Å²) in [5.74, 6) is -0.766. The summed E-state index contributed by atoms with van der Waals surface area (Å²) in [5, 5.41) is 5.87. The highest BCUT2D eigenvalue weighted by molar-refractivity contribution is 6.06. The van der Waals surface area contributed by atoms with E-state index >= 15 is 0 Å². The fourth-order valence-corrected chi connectivity index (χ4v) is 4.79. The van der Waals surface area contributed by atoms with Crippen molar-refractivity contribution in [2.45, 2.75) is 44.9 Å². The van der Waals surface area contributed by atoms with Gasteiger partial charge in [0, 0.05) is 37.7 Å². The van der Waals surface area contributed by atoms with Crippen molar-refractivity contribution in [2.75, 3.05) is 16.8 Å². The van der Waals surface area contributed by atoms with Crippen LogP contribution in [0.3, 0.4) is 0 Å². The molecule has 0 saturated carbocycles. The Hall–Kier alpha value is -3.35. The van der Waals surface area contributed by atoms with Gasteiger partial charge in [0.1, 0.15) is 6.04 Å². The Bertz CT molecular complexity index is 1050. The van der Waals surface area contributed by atoms with Crippen LogP contribution in [0.15, 0.2) is 42.5 Å². The molecule has 1 fully saturated rings. The van der Waals surface area contributed by atoms with Crippen molar-refractivity contribution in [3.63, 3.8) is 0 Å². The molecule has 0 radical (unpaired) electrons. The molecule has 7 heteroatoms. The molecule has 3 amide bonds. The second kappa shape index (κ2) is 7.16. The molecular weight excluding hydrogens is 380 g/mol. The zero-order valence-electron chi connectivity index (χ0n) is 16.9. The number of fused-ring (bicyclic) bond motifs is 2. The lowest BCUT2D eigenvalue weighted by atomic mass is 10.0. The van der Waals surface area contributed by atoms with Crippen molar-refractivity contribution < 1.29 is 14.4 Å². The number of hydrogen-bond donors (Lipinski definition) is 2. The fraction of sp³-hybridized carbons (Fsp3) is 0.348. The van der Waals surface area contributed by atoms with Gasteiger partial charge in [-0.15, -0.1) is 0 Å². The van der Waals surface area contributed by atoms with E-state index in [0.717, 1.165) is 29.0 Å². The average Bonchev–Trinajstić information content (AvgIpc) is 3.05. The van der Waals surface area contributed by atoms with Crippen molar-refractivity contribution in [3.8, 4) is 0 Å². The van der Waals surface area contributed by atoms with Crippen molar-refractivity contribution in [1.82, 2.24) is 10.2 Å². The van der Waals surface area contributed by atoms with E-state index in [1.165, 1.54) is 0 Å². The third-order valence-electron chi connectivity index (χ3n) is 6.14. The molecule has 0 aromatic heterocycles. The minimum absolute atomic E-state index is 0.119. The number of nitrogens with zero attached hydrogens (tertiary/aromatic N) is 2. The Morgan fingerprint density at radius 1 is 1.07 bits per heavy atom. The Labute approximate surface area is 175 Å². The molecule has 0 aliphatic carbocycles. The third-order valence-corrected chi connectivity index (χ3v) is 6.14. The van der Waals surface area contributed by atoms with E-state index in [1.54, 1.807) is 4.90 Å². The number of carbonyl (C=O) groups excluding carboxylic acids is 3. The molecule has 7 nitrogen and oxygen atoms in total. The fourth-order valence-electron chi connectivity index (χ4n) is 4.79. The first kappa shape index (κ1) is 18.7. The van der Waals surface area contributed by atoms with E-state index in [9.17, 15) is 14.4 Å². The Morgan fingerprint density at radius 3 is 2.73 bits per heavy atom. The van der Waals surface area contributed by atoms with E-state index in [1.807, 2.05) is 30.3 Å². The number of nitrogens with one attached hydrogen (secondary N) is 2. The molecule has 2 unspecified atom stereocenters. The van der Waals surface area contributed by atoms with E-state index < -0.39 is 6.04 Å². The van der Waals surface area contributed by atoms with Gasteiger partial charge in [-0.1, -0.05) is 30.3 Å². The number of rotatable bonds is 3. The van der Waals surface area contributed by atoms with Gasteiger partial charge >= 0.3 is 0 Å². The summed E-state index contributed by atoms with van der Waals surface area (Å²) < 4.78 is 0. The van der Waals surface area contributed by atoms with Crippen LogP contribution in [0.25, 0.3) is 0 Å². The SMILES string of the molecule is CC1CN(Cc2cccc3c2C(=O)N(C2CCC(=O)NC2=O)C3)c2ccccc2N1. The second-order valence-electron chi connectivity index (χ2n) is 8.29. The van der Waals surface area contributed by atoms with E-state index in [4.69, 9.17) is 0 Å². The minimum atomic E-state index is -0.588. The number of para-hydroxylation sites is 2. The van der Waals surface area contributed by atoms with Gasteiger partial charge < -0.3 is 15.1 Å². The zero-order valence-corrected chi connectivity index (χ0v) is 16.9. The zero-order chi connectivity index (χ0) is 20.8. The monoisotopic (exact) mass is 404 g/mol. The van der Waals surface area contributed by atoms with Crippen LogP contribution in [0.2, 0.25) is 0 Å². The maximum absolute atomic E-state index is 13.3. The molecule has 0 spiro atoms. The molecule has 30 heavy (non-hydrogen) atoms. The standard InChI is InChI=1S/C23H24N4O3/c1-14-11-26(18-8-3-2-7-17(18)24-14)12-15-5-4-6-16-13-27(23(30)21(15)16)19-9-10-20(28)25-22(19)29/h2-8,14,19,24H,9-13H2,1H3,(H,25,28,29). The number of anilines is 2. The summed E-state index contributed by atoms with van der Waals surface area (Å²) in [4.78, 5) is 41.1. The molecule has 3 aliphatic heterocycles. The number of amides is 3. The van der Waals surface area contributed by atoms with Crippen LogP contribution in [-0.2, 0) is 22.7 Å². The summed E-state index contributed by atoms with van der Waals surface area (Å²) in [6.45, 7) is 4.02. The van der Waals surface area contributed by atoms with Gasteiger partial charge in [-0.2, -0.15) is 0 Å². The lowest BCUT2D eigenvalue weighted by Crippen LogP contribution is -2.52. The summed E-state index contributed by atoms with van der Waals surface area (Å²) >= 11 is 0. The Kier molecular flexibility index (Phi) is 4.46. The predicted molar refractivity (Wildman–Crippen MR) is 113 cm³/mol. The Morgan fingerprint density at radius 2 is 1.90 bits per heavy atom. The van der Waals surface area contributed by atoms with Crippen molar-refractivity contribution in [1.29, 1.82) is 0 Å². The van der Waals surface area contributed by atoms with Crippen molar-refractivity contribution in [2.24, 2.45) is 0 Å². The van der Waals surface area contributed by atoms with Crippen LogP contribution in [0.4, 0.5) is 11.4 Å². The van der Waals surface area contributed by atoms with Crippen LogP contribution in [0.1, 0.15) is 41.3 Å². The number of piperidine rings is 1. The number of imide groups is 1. The molecule has 5 rings (SSSR count). The van der Waals surface area contributed by atoms with Crippen LogP contribution >= 0.6 is 0 Å². The quantitative estimate of drug-likeness (QED) is 0.767. The third kappa shape index (κ3) is 3.10. The topological polar surface area (TPSA) is 81.8 Å². The molecule has 2 atom stereocenters. The minimum Gasteiger partial charge on any atom is -0.379 e. The van der Waals surface area contributed by atoms with Gasteiger partial charge in [0.2, 0.25) is 11.8 Å². The number of carbonyl (C=O) groups is 3. The molecule has 3 aliphatic rings. The molecular formula is C23H24N4O3.